The first-order valence-electron chi connectivity index (χ1n) is 9.58. The van der Waals surface area contributed by atoms with Crippen molar-refractivity contribution in [2.24, 2.45) is 0 Å². The standard InChI is InChI=1S/C21H32N2O4Si/c1-21(2,3)27-20(24)23-12-8-11-19(23)18-10-7-9-17(22-18)15-26-16-25-13-14-28(4,5)6/h7-12H,13-16H2,1-6H3. The summed E-state index contributed by atoms with van der Waals surface area (Å²) < 4.78 is 18.1. The Kier molecular flexibility index (Phi) is 7.57. The lowest BCUT2D eigenvalue weighted by atomic mass is 10.2. The van der Waals surface area contributed by atoms with Gasteiger partial charge in [0.25, 0.3) is 0 Å². The number of pyridine rings is 1. The van der Waals surface area contributed by atoms with E-state index in [9.17, 15) is 4.79 Å². The smallest absolute Gasteiger partial charge is 0.419 e. The van der Waals surface area contributed by atoms with E-state index in [1.54, 1.807) is 12.3 Å². The van der Waals surface area contributed by atoms with Gasteiger partial charge in [0, 0.05) is 20.9 Å². The van der Waals surface area contributed by atoms with E-state index in [0.29, 0.717) is 18.0 Å². The number of nitrogens with zero attached hydrogens (tertiary/aromatic N) is 2. The molecule has 6 nitrogen and oxygen atoms in total. The maximum atomic E-state index is 12.4. The van der Waals surface area contributed by atoms with Gasteiger partial charge in [0.1, 0.15) is 12.4 Å². The third kappa shape index (κ3) is 7.57. The second-order valence-electron chi connectivity index (χ2n) is 8.94. The van der Waals surface area contributed by atoms with E-state index in [2.05, 4.69) is 24.6 Å². The van der Waals surface area contributed by atoms with Crippen LogP contribution >= 0.6 is 0 Å². The highest BCUT2D eigenvalue weighted by molar-refractivity contribution is 6.76. The monoisotopic (exact) mass is 404 g/mol. The molecular formula is C21H32N2O4Si. The SMILES string of the molecule is CC(C)(C)OC(=O)n1cccc1-c1cccc(COCOCC[Si](C)(C)C)n1. The Morgan fingerprint density at radius 1 is 1.11 bits per heavy atom. The number of hydrogen-bond acceptors (Lipinski definition) is 5. The van der Waals surface area contributed by atoms with Crippen molar-refractivity contribution in [3.8, 4) is 11.4 Å². The lowest BCUT2D eigenvalue weighted by molar-refractivity contribution is -0.0582. The molecule has 28 heavy (non-hydrogen) atoms. The second kappa shape index (κ2) is 9.49. The quantitative estimate of drug-likeness (QED) is 0.345. The fraction of sp³-hybridized carbons (Fsp3) is 0.524. The molecule has 7 heteroatoms. The van der Waals surface area contributed by atoms with Gasteiger partial charge in [-0.3, -0.25) is 4.57 Å². The molecule has 0 aromatic carbocycles. The Morgan fingerprint density at radius 2 is 1.86 bits per heavy atom. The van der Waals surface area contributed by atoms with Crippen molar-refractivity contribution < 1.29 is 19.0 Å². The average molecular weight is 405 g/mol. The Bertz CT molecular complexity index is 775. The zero-order valence-electron chi connectivity index (χ0n) is 17.8. The third-order valence-corrected chi connectivity index (χ3v) is 5.53. The van der Waals surface area contributed by atoms with E-state index in [0.717, 1.165) is 18.3 Å². The summed E-state index contributed by atoms with van der Waals surface area (Å²) in [5.41, 5.74) is 1.60. The number of rotatable bonds is 8. The molecule has 0 bridgehead atoms. The third-order valence-electron chi connectivity index (χ3n) is 3.82. The summed E-state index contributed by atoms with van der Waals surface area (Å²) >= 11 is 0. The van der Waals surface area contributed by atoms with Crippen LogP contribution in [0.3, 0.4) is 0 Å². The molecule has 2 heterocycles. The first kappa shape index (κ1) is 22.3. The van der Waals surface area contributed by atoms with Crippen LogP contribution in [-0.4, -0.2) is 42.7 Å². The summed E-state index contributed by atoms with van der Waals surface area (Å²) in [6.45, 7) is 13.8. The first-order valence-corrected chi connectivity index (χ1v) is 13.3. The van der Waals surface area contributed by atoms with Crippen LogP contribution in [0.4, 0.5) is 4.79 Å². The Hall–Kier alpha value is -1.96. The van der Waals surface area contributed by atoms with Crippen LogP contribution in [0.2, 0.25) is 25.7 Å². The van der Waals surface area contributed by atoms with Gasteiger partial charge in [-0.1, -0.05) is 25.7 Å². The van der Waals surface area contributed by atoms with Crippen LogP contribution in [0.25, 0.3) is 11.4 Å². The van der Waals surface area contributed by atoms with Crippen molar-refractivity contribution in [2.75, 3.05) is 13.4 Å². The van der Waals surface area contributed by atoms with E-state index in [4.69, 9.17) is 14.2 Å². The molecule has 0 saturated heterocycles. The van der Waals surface area contributed by atoms with Crippen molar-refractivity contribution in [2.45, 2.75) is 58.7 Å². The van der Waals surface area contributed by atoms with Crippen LogP contribution in [0, 0.1) is 0 Å². The summed E-state index contributed by atoms with van der Waals surface area (Å²) in [4.78, 5) is 17.0. The second-order valence-corrected chi connectivity index (χ2v) is 14.6. The van der Waals surface area contributed by atoms with E-state index in [1.807, 2.05) is 45.0 Å². The van der Waals surface area contributed by atoms with Gasteiger partial charge in [-0.15, -0.1) is 0 Å². The van der Waals surface area contributed by atoms with Crippen LogP contribution in [0.1, 0.15) is 26.5 Å². The molecule has 154 valence electrons. The van der Waals surface area contributed by atoms with Crippen molar-refractivity contribution in [1.29, 1.82) is 0 Å². The Labute approximate surface area is 168 Å². The van der Waals surface area contributed by atoms with Gasteiger partial charge in [0.15, 0.2) is 0 Å². The Morgan fingerprint density at radius 3 is 2.54 bits per heavy atom. The predicted molar refractivity (Wildman–Crippen MR) is 113 cm³/mol. The number of ether oxygens (including phenoxy) is 3. The van der Waals surface area contributed by atoms with E-state index in [1.165, 1.54) is 4.57 Å². The van der Waals surface area contributed by atoms with Crippen LogP contribution in [0.5, 0.6) is 0 Å². The van der Waals surface area contributed by atoms with Crippen LogP contribution in [0.15, 0.2) is 36.5 Å². The van der Waals surface area contributed by atoms with Gasteiger partial charge in [-0.2, -0.15) is 0 Å². The summed E-state index contributed by atoms with van der Waals surface area (Å²) in [5, 5.41) is 0. The maximum Gasteiger partial charge on any atom is 0.419 e. The van der Waals surface area contributed by atoms with E-state index >= 15 is 0 Å². The van der Waals surface area contributed by atoms with Gasteiger partial charge in [0.05, 0.1) is 23.7 Å². The minimum absolute atomic E-state index is 0.255. The van der Waals surface area contributed by atoms with Gasteiger partial charge in [0.2, 0.25) is 0 Å². The molecule has 2 aromatic heterocycles. The van der Waals surface area contributed by atoms with Gasteiger partial charge in [-0.05, 0) is 51.1 Å². The maximum absolute atomic E-state index is 12.4. The summed E-state index contributed by atoms with van der Waals surface area (Å²) in [6, 6.07) is 10.4. The highest BCUT2D eigenvalue weighted by Crippen LogP contribution is 2.20. The number of carbonyl (C=O) groups is 1. The lowest BCUT2D eigenvalue weighted by Crippen LogP contribution is -2.27. The zero-order chi connectivity index (χ0) is 20.8. The highest BCUT2D eigenvalue weighted by Gasteiger charge is 2.20. The normalized spacial score (nSPS) is 12.2. The molecule has 0 N–H and O–H groups in total. The first-order chi connectivity index (χ1) is 13.1. The largest absolute Gasteiger partial charge is 0.443 e. The molecule has 0 aliphatic rings. The molecule has 0 saturated carbocycles. The molecule has 2 aromatic rings. The topological polar surface area (TPSA) is 62.6 Å². The number of carbonyl (C=O) groups excluding carboxylic acids is 1. The molecule has 0 fully saturated rings. The van der Waals surface area contributed by atoms with Crippen molar-refractivity contribution in [3.05, 3.63) is 42.2 Å². The summed E-state index contributed by atoms with van der Waals surface area (Å²) in [7, 11) is -1.08. The minimum Gasteiger partial charge on any atom is -0.443 e. The molecule has 0 atom stereocenters. The predicted octanol–water partition coefficient (Wildman–Crippen LogP) is 5.16. The average Bonchev–Trinajstić information content (AvgIpc) is 3.06. The summed E-state index contributed by atoms with van der Waals surface area (Å²) in [6.07, 6.45) is 1.26. The van der Waals surface area contributed by atoms with Crippen molar-refractivity contribution >= 4 is 14.2 Å². The van der Waals surface area contributed by atoms with E-state index in [-0.39, 0.29) is 6.79 Å². The van der Waals surface area contributed by atoms with Crippen LogP contribution in [-0.2, 0) is 20.8 Å². The molecule has 0 spiro atoms. The molecule has 0 aliphatic carbocycles. The van der Waals surface area contributed by atoms with Crippen molar-refractivity contribution in [1.82, 2.24) is 9.55 Å². The zero-order valence-corrected chi connectivity index (χ0v) is 18.8. The minimum atomic E-state index is -1.08. The fourth-order valence-electron chi connectivity index (χ4n) is 2.41. The van der Waals surface area contributed by atoms with Gasteiger partial charge in [-0.25, -0.2) is 9.78 Å². The number of hydrogen-bond donors (Lipinski definition) is 0. The summed E-state index contributed by atoms with van der Waals surface area (Å²) in [5.74, 6) is 0. The van der Waals surface area contributed by atoms with Crippen LogP contribution < -0.4 is 0 Å². The lowest BCUT2D eigenvalue weighted by Gasteiger charge is -2.20. The Balaban J connectivity index is 1.95. The molecule has 2 rings (SSSR count). The molecular weight excluding hydrogens is 372 g/mol. The molecule has 0 amide bonds. The molecule has 0 unspecified atom stereocenters. The highest BCUT2D eigenvalue weighted by atomic mass is 28.3. The fourth-order valence-corrected chi connectivity index (χ4v) is 3.16. The van der Waals surface area contributed by atoms with Crippen molar-refractivity contribution in [3.63, 3.8) is 0 Å². The van der Waals surface area contributed by atoms with Gasteiger partial charge >= 0.3 is 6.09 Å². The van der Waals surface area contributed by atoms with Gasteiger partial charge < -0.3 is 14.2 Å². The number of aromatic nitrogens is 2. The molecule has 0 radical (unpaired) electrons. The molecule has 0 aliphatic heterocycles. The van der Waals surface area contributed by atoms with E-state index < -0.39 is 19.8 Å².